The lowest BCUT2D eigenvalue weighted by atomic mass is 9.96. The van der Waals surface area contributed by atoms with Crippen LogP contribution in [0.1, 0.15) is 40.0 Å². The summed E-state index contributed by atoms with van der Waals surface area (Å²) in [6, 6.07) is 0. The SMILES string of the molecule is CCCS(=O)(=O)N1CCC(C(=O)N2C[C@@H](C)O[C@@H](C)C2)CC1. The number of amides is 1. The molecule has 0 unspecified atom stereocenters. The van der Waals surface area contributed by atoms with E-state index < -0.39 is 10.0 Å². The molecule has 0 aromatic heterocycles. The second kappa shape index (κ2) is 7.27. The highest BCUT2D eigenvalue weighted by Gasteiger charge is 2.34. The Bertz CT molecular complexity index is 476. The molecule has 0 saturated carbocycles. The van der Waals surface area contributed by atoms with Gasteiger partial charge in [-0.05, 0) is 33.1 Å². The Morgan fingerprint density at radius 3 is 2.18 bits per heavy atom. The van der Waals surface area contributed by atoms with Crippen molar-refractivity contribution in [2.24, 2.45) is 5.92 Å². The summed E-state index contributed by atoms with van der Waals surface area (Å²) in [5.41, 5.74) is 0. The van der Waals surface area contributed by atoms with Crippen molar-refractivity contribution in [1.29, 1.82) is 0 Å². The molecule has 0 spiro atoms. The van der Waals surface area contributed by atoms with E-state index in [4.69, 9.17) is 4.74 Å². The van der Waals surface area contributed by atoms with Crippen molar-refractivity contribution >= 4 is 15.9 Å². The summed E-state index contributed by atoms with van der Waals surface area (Å²) in [7, 11) is -3.14. The molecule has 0 aromatic rings. The molecule has 2 aliphatic heterocycles. The van der Waals surface area contributed by atoms with Crippen LogP contribution in [-0.4, -0.2) is 67.7 Å². The van der Waals surface area contributed by atoms with Crippen LogP contribution in [0, 0.1) is 5.92 Å². The zero-order chi connectivity index (χ0) is 16.3. The molecule has 2 atom stereocenters. The van der Waals surface area contributed by atoms with Gasteiger partial charge in [0.1, 0.15) is 0 Å². The topological polar surface area (TPSA) is 66.9 Å². The first-order chi connectivity index (χ1) is 10.3. The predicted molar refractivity (Wildman–Crippen MR) is 85.0 cm³/mol. The van der Waals surface area contributed by atoms with Crippen LogP contribution in [0.25, 0.3) is 0 Å². The molecule has 0 aliphatic carbocycles. The van der Waals surface area contributed by atoms with E-state index in [1.165, 1.54) is 0 Å². The lowest BCUT2D eigenvalue weighted by Gasteiger charge is -2.39. The number of carbonyl (C=O) groups excluding carboxylic acids is 1. The smallest absolute Gasteiger partial charge is 0.225 e. The number of carbonyl (C=O) groups is 1. The largest absolute Gasteiger partial charge is 0.372 e. The summed E-state index contributed by atoms with van der Waals surface area (Å²) in [6.45, 7) is 8.04. The molecule has 2 rings (SSSR count). The van der Waals surface area contributed by atoms with E-state index in [2.05, 4.69) is 0 Å². The Kier molecular flexibility index (Phi) is 5.85. The van der Waals surface area contributed by atoms with Crippen molar-refractivity contribution in [2.75, 3.05) is 31.9 Å². The van der Waals surface area contributed by atoms with Crippen LogP contribution < -0.4 is 0 Å². The van der Waals surface area contributed by atoms with Crippen LogP contribution in [0.5, 0.6) is 0 Å². The van der Waals surface area contributed by atoms with E-state index in [1.54, 1.807) is 4.31 Å². The van der Waals surface area contributed by atoms with Gasteiger partial charge in [-0.2, -0.15) is 0 Å². The van der Waals surface area contributed by atoms with Crippen molar-refractivity contribution < 1.29 is 17.9 Å². The van der Waals surface area contributed by atoms with Gasteiger partial charge in [-0.1, -0.05) is 6.92 Å². The zero-order valence-corrected chi connectivity index (χ0v) is 14.6. The van der Waals surface area contributed by atoms with Crippen LogP contribution in [0.4, 0.5) is 0 Å². The molecule has 22 heavy (non-hydrogen) atoms. The molecule has 2 fully saturated rings. The summed E-state index contributed by atoms with van der Waals surface area (Å²) in [6.07, 6.45) is 2.02. The van der Waals surface area contributed by atoms with Gasteiger partial charge < -0.3 is 9.64 Å². The summed E-state index contributed by atoms with van der Waals surface area (Å²) in [5.74, 6) is 0.310. The second-order valence-corrected chi connectivity index (χ2v) is 8.58. The van der Waals surface area contributed by atoms with E-state index in [0.717, 1.165) is 0 Å². The van der Waals surface area contributed by atoms with Crippen molar-refractivity contribution in [1.82, 2.24) is 9.21 Å². The van der Waals surface area contributed by atoms with Crippen molar-refractivity contribution in [3.8, 4) is 0 Å². The number of piperidine rings is 1. The van der Waals surface area contributed by atoms with Gasteiger partial charge in [-0.3, -0.25) is 4.79 Å². The second-order valence-electron chi connectivity index (χ2n) is 6.49. The van der Waals surface area contributed by atoms with E-state index in [0.29, 0.717) is 45.4 Å². The third kappa shape index (κ3) is 4.20. The van der Waals surface area contributed by atoms with Gasteiger partial charge in [0, 0.05) is 32.1 Å². The van der Waals surface area contributed by atoms with Gasteiger partial charge >= 0.3 is 0 Å². The predicted octanol–water partition coefficient (Wildman–Crippen LogP) is 1.07. The first kappa shape index (κ1) is 17.7. The fourth-order valence-electron chi connectivity index (χ4n) is 3.38. The molecule has 0 bridgehead atoms. The minimum atomic E-state index is -3.14. The molecular weight excluding hydrogens is 304 g/mol. The van der Waals surface area contributed by atoms with Crippen LogP contribution in [-0.2, 0) is 19.6 Å². The maximum Gasteiger partial charge on any atom is 0.225 e. The highest BCUT2D eigenvalue weighted by atomic mass is 32.2. The molecule has 2 saturated heterocycles. The zero-order valence-electron chi connectivity index (χ0n) is 13.8. The Labute approximate surface area is 133 Å². The minimum Gasteiger partial charge on any atom is -0.372 e. The van der Waals surface area contributed by atoms with Crippen molar-refractivity contribution in [3.05, 3.63) is 0 Å². The summed E-state index contributed by atoms with van der Waals surface area (Å²) >= 11 is 0. The molecule has 2 aliphatic rings. The van der Waals surface area contributed by atoms with Crippen LogP contribution in [0.15, 0.2) is 0 Å². The molecular formula is C15H28N2O4S. The Morgan fingerprint density at radius 1 is 1.14 bits per heavy atom. The van der Waals surface area contributed by atoms with Gasteiger partial charge in [-0.15, -0.1) is 0 Å². The molecule has 1 amide bonds. The minimum absolute atomic E-state index is 0.0504. The van der Waals surface area contributed by atoms with Crippen LogP contribution >= 0.6 is 0 Å². The van der Waals surface area contributed by atoms with E-state index in [1.807, 2.05) is 25.7 Å². The van der Waals surface area contributed by atoms with Gasteiger partial charge in [0.05, 0.1) is 18.0 Å². The maximum absolute atomic E-state index is 12.6. The Hall–Kier alpha value is -0.660. The maximum atomic E-state index is 12.6. The molecule has 7 heteroatoms. The summed E-state index contributed by atoms with van der Waals surface area (Å²) < 4.78 is 31.3. The average Bonchev–Trinajstić information content (AvgIpc) is 2.45. The highest BCUT2D eigenvalue weighted by molar-refractivity contribution is 7.89. The Morgan fingerprint density at radius 2 is 1.68 bits per heavy atom. The number of morpholine rings is 1. The van der Waals surface area contributed by atoms with E-state index >= 15 is 0 Å². The molecule has 0 N–H and O–H groups in total. The summed E-state index contributed by atoms with van der Waals surface area (Å²) in [4.78, 5) is 14.5. The standard InChI is InChI=1S/C15H28N2O4S/c1-4-9-22(19,20)17-7-5-14(6-8-17)15(18)16-10-12(2)21-13(3)11-16/h12-14H,4-11H2,1-3H3/t12-,13+. The van der Waals surface area contributed by atoms with E-state index in [-0.39, 0.29) is 29.8 Å². The number of sulfonamides is 1. The normalized spacial score (nSPS) is 28.8. The third-order valence-electron chi connectivity index (χ3n) is 4.39. The fraction of sp³-hybridized carbons (Fsp3) is 0.933. The van der Waals surface area contributed by atoms with Crippen LogP contribution in [0.3, 0.4) is 0 Å². The monoisotopic (exact) mass is 332 g/mol. The lowest BCUT2D eigenvalue weighted by Crippen LogP contribution is -2.51. The molecule has 6 nitrogen and oxygen atoms in total. The van der Waals surface area contributed by atoms with Crippen LogP contribution in [0.2, 0.25) is 0 Å². The molecule has 2 heterocycles. The van der Waals surface area contributed by atoms with Crippen molar-refractivity contribution in [2.45, 2.75) is 52.2 Å². The average molecular weight is 332 g/mol. The number of hydrogen-bond donors (Lipinski definition) is 0. The van der Waals surface area contributed by atoms with Gasteiger partial charge in [0.25, 0.3) is 0 Å². The summed E-state index contributed by atoms with van der Waals surface area (Å²) in [5, 5.41) is 0. The quantitative estimate of drug-likeness (QED) is 0.772. The number of ether oxygens (including phenoxy) is 1. The van der Waals surface area contributed by atoms with Crippen molar-refractivity contribution in [3.63, 3.8) is 0 Å². The lowest BCUT2D eigenvalue weighted by molar-refractivity contribution is -0.148. The highest BCUT2D eigenvalue weighted by Crippen LogP contribution is 2.24. The van der Waals surface area contributed by atoms with Gasteiger partial charge in [0.15, 0.2) is 0 Å². The van der Waals surface area contributed by atoms with Gasteiger partial charge in [-0.25, -0.2) is 12.7 Å². The van der Waals surface area contributed by atoms with E-state index in [9.17, 15) is 13.2 Å². The number of hydrogen-bond acceptors (Lipinski definition) is 4. The number of rotatable bonds is 4. The molecule has 128 valence electrons. The molecule has 0 radical (unpaired) electrons. The third-order valence-corrected chi connectivity index (χ3v) is 6.47. The first-order valence-corrected chi connectivity index (χ1v) is 9.86. The first-order valence-electron chi connectivity index (χ1n) is 8.25. The Balaban J connectivity index is 1.90. The fourth-order valence-corrected chi connectivity index (χ4v) is 4.93. The number of nitrogens with zero attached hydrogens (tertiary/aromatic N) is 2. The molecule has 0 aromatic carbocycles. The van der Waals surface area contributed by atoms with Gasteiger partial charge in [0.2, 0.25) is 15.9 Å².